The molecule has 0 saturated heterocycles. The Morgan fingerprint density at radius 1 is 1.24 bits per heavy atom. The van der Waals surface area contributed by atoms with Crippen LogP contribution in [-0.4, -0.2) is 29.1 Å². The van der Waals surface area contributed by atoms with Crippen LogP contribution in [0.5, 0.6) is 11.5 Å². The Hall–Kier alpha value is -2.86. The molecule has 0 radical (unpaired) electrons. The van der Waals surface area contributed by atoms with E-state index in [2.05, 4.69) is 10.1 Å². The number of nitrogens with zero attached hydrogens (tertiary/aromatic N) is 3. The van der Waals surface area contributed by atoms with Crippen LogP contribution >= 0.6 is 11.6 Å². The van der Waals surface area contributed by atoms with E-state index in [1.54, 1.807) is 43.5 Å². The zero-order chi connectivity index (χ0) is 17.4. The Morgan fingerprint density at radius 3 is 2.92 bits per heavy atom. The molecule has 0 fully saturated rings. The summed E-state index contributed by atoms with van der Waals surface area (Å²) < 4.78 is 12.3. The topological polar surface area (TPSA) is 65.7 Å². The first-order chi connectivity index (χ1) is 12.1. The van der Waals surface area contributed by atoms with Gasteiger partial charge in [0.2, 0.25) is 0 Å². The maximum Gasteiger partial charge on any atom is 0.282 e. The molecule has 0 N–H and O–H groups in total. The number of benzene rings is 2. The normalized spacial score (nSPS) is 13.5. The molecule has 0 spiro atoms. The summed E-state index contributed by atoms with van der Waals surface area (Å²) in [5.41, 5.74) is 1.13. The Labute approximate surface area is 148 Å². The van der Waals surface area contributed by atoms with Crippen molar-refractivity contribution in [3.05, 3.63) is 63.2 Å². The predicted octanol–water partition coefficient (Wildman–Crippen LogP) is 3.01. The van der Waals surface area contributed by atoms with Gasteiger partial charge in [-0.15, -0.1) is 0 Å². The molecule has 2 heterocycles. The van der Waals surface area contributed by atoms with Gasteiger partial charge < -0.3 is 9.47 Å². The molecule has 7 heteroatoms. The Balaban J connectivity index is 1.77. The van der Waals surface area contributed by atoms with Crippen LogP contribution in [0.15, 0.2) is 46.3 Å². The standard InChI is InChI=1S/C18H14ClN3O3/c1-11-21-15-5-3-2-4-13(15)18(23)22(11)20-10-12-8-14(19)17-16(9-12)24-6-7-25-17/h2-5,8-10H,6-7H2,1H3. The molecule has 4 rings (SSSR count). The molecule has 0 bridgehead atoms. The van der Waals surface area contributed by atoms with Crippen LogP contribution in [-0.2, 0) is 0 Å². The van der Waals surface area contributed by atoms with E-state index in [9.17, 15) is 4.79 Å². The van der Waals surface area contributed by atoms with Crippen LogP contribution in [0.2, 0.25) is 5.02 Å². The smallest absolute Gasteiger partial charge is 0.282 e. The second-order valence-electron chi connectivity index (χ2n) is 5.56. The molecule has 25 heavy (non-hydrogen) atoms. The second kappa shape index (κ2) is 6.22. The first-order valence-electron chi connectivity index (χ1n) is 7.75. The molecule has 0 saturated carbocycles. The molecule has 2 aromatic carbocycles. The molecule has 0 unspecified atom stereocenters. The molecule has 0 aliphatic carbocycles. The van der Waals surface area contributed by atoms with E-state index in [-0.39, 0.29) is 5.56 Å². The van der Waals surface area contributed by atoms with Gasteiger partial charge in [-0.1, -0.05) is 23.7 Å². The Morgan fingerprint density at radius 2 is 2.04 bits per heavy atom. The fourth-order valence-corrected chi connectivity index (χ4v) is 2.97. The molecule has 1 aliphatic rings. The summed E-state index contributed by atoms with van der Waals surface area (Å²) >= 11 is 6.22. The van der Waals surface area contributed by atoms with Crippen LogP contribution in [0.4, 0.5) is 0 Å². The molecule has 0 atom stereocenters. The van der Waals surface area contributed by atoms with Crippen molar-refractivity contribution >= 4 is 28.7 Å². The van der Waals surface area contributed by atoms with Gasteiger partial charge in [0, 0.05) is 0 Å². The lowest BCUT2D eigenvalue weighted by Gasteiger charge is -2.19. The Kier molecular flexibility index (Phi) is 3.89. The van der Waals surface area contributed by atoms with Crippen LogP contribution in [0.25, 0.3) is 10.9 Å². The third kappa shape index (κ3) is 2.85. The molecule has 3 aromatic rings. The van der Waals surface area contributed by atoms with Gasteiger partial charge in [-0.25, -0.2) is 4.98 Å². The maximum atomic E-state index is 12.6. The lowest BCUT2D eigenvalue weighted by molar-refractivity contribution is 0.171. The van der Waals surface area contributed by atoms with Crippen LogP contribution in [0, 0.1) is 6.92 Å². The number of hydrogen-bond donors (Lipinski definition) is 0. The first kappa shape index (κ1) is 15.7. The number of aryl methyl sites for hydroxylation is 1. The van der Waals surface area contributed by atoms with Crippen molar-refractivity contribution in [1.82, 2.24) is 9.66 Å². The largest absolute Gasteiger partial charge is 0.486 e. The number of aromatic nitrogens is 2. The van der Waals surface area contributed by atoms with Crippen LogP contribution in [0.1, 0.15) is 11.4 Å². The van der Waals surface area contributed by atoms with Gasteiger partial charge in [0.15, 0.2) is 11.5 Å². The number of ether oxygens (including phenoxy) is 2. The molecule has 6 nitrogen and oxygen atoms in total. The first-order valence-corrected chi connectivity index (χ1v) is 8.13. The van der Waals surface area contributed by atoms with E-state index in [0.29, 0.717) is 52.0 Å². The summed E-state index contributed by atoms with van der Waals surface area (Å²) in [6, 6.07) is 10.7. The molecule has 1 aliphatic heterocycles. The van der Waals surface area contributed by atoms with Crippen LogP contribution in [0.3, 0.4) is 0 Å². The summed E-state index contributed by atoms with van der Waals surface area (Å²) in [5.74, 6) is 1.61. The van der Waals surface area contributed by atoms with Crippen molar-refractivity contribution in [2.45, 2.75) is 6.92 Å². The third-order valence-corrected chi connectivity index (χ3v) is 4.14. The van der Waals surface area contributed by atoms with E-state index in [1.807, 2.05) is 6.07 Å². The highest BCUT2D eigenvalue weighted by Gasteiger charge is 2.16. The van der Waals surface area contributed by atoms with Crippen molar-refractivity contribution in [3.8, 4) is 11.5 Å². The van der Waals surface area contributed by atoms with Crippen LogP contribution < -0.4 is 15.0 Å². The van der Waals surface area contributed by atoms with Gasteiger partial charge in [0.1, 0.15) is 19.0 Å². The number of halogens is 1. The molecule has 0 amide bonds. The third-order valence-electron chi connectivity index (χ3n) is 3.86. The fraction of sp³-hybridized carbons (Fsp3) is 0.167. The average Bonchev–Trinajstić information content (AvgIpc) is 2.61. The van der Waals surface area contributed by atoms with Gasteiger partial charge in [-0.3, -0.25) is 4.79 Å². The minimum atomic E-state index is -0.219. The van der Waals surface area contributed by atoms with Gasteiger partial charge in [0.05, 0.1) is 22.1 Å². The highest BCUT2D eigenvalue weighted by atomic mass is 35.5. The summed E-state index contributed by atoms with van der Waals surface area (Å²) in [7, 11) is 0. The highest BCUT2D eigenvalue weighted by Crippen LogP contribution is 2.37. The summed E-state index contributed by atoms with van der Waals surface area (Å²) in [5, 5.41) is 5.24. The maximum absolute atomic E-state index is 12.6. The van der Waals surface area contributed by atoms with E-state index < -0.39 is 0 Å². The molecular weight excluding hydrogens is 342 g/mol. The second-order valence-corrected chi connectivity index (χ2v) is 5.97. The zero-order valence-electron chi connectivity index (χ0n) is 13.4. The van der Waals surface area contributed by atoms with E-state index in [0.717, 1.165) is 0 Å². The average molecular weight is 356 g/mol. The quantitative estimate of drug-likeness (QED) is 0.663. The predicted molar refractivity (Wildman–Crippen MR) is 96.2 cm³/mol. The molecule has 126 valence electrons. The van der Waals surface area contributed by atoms with Crippen molar-refractivity contribution in [2.75, 3.05) is 13.2 Å². The van der Waals surface area contributed by atoms with Crippen molar-refractivity contribution in [2.24, 2.45) is 5.10 Å². The van der Waals surface area contributed by atoms with Crippen molar-refractivity contribution in [3.63, 3.8) is 0 Å². The van der Waals surface area contributed by atoms with E-state index in [4.69, 9.17) is 21.1 Å². The minimum Gasteiger partial charge on any atom is -0.486 e. The van der Waals surface area contributed by atoms with Crippen molar-refractivity contribution in [1.29, 1.82) is 0 Å². The lowest BCUT2D eigenvalue weighted by atomic mass is 10.2. The fourth-order valence-electron chi connectivity index (χ4n) is 2.70. The van der Waals surface area contributed by atoms with Gasteiger partial charge in [-0.05, 0) is 36.8 Å². The summed E-state index contributed by atoms with van der Waals surface area (Å²) in [6.07, 6.45) is 1.55. The van der Waals surface area contributed by atoms with E-state index in [1.165, 1.54) is 4.68 Å². The number of fused-ring (bicyclic) bond motifs is 2. The summed E-state index contributed by atoms with van der Waals surface area (Å²) in [4.78, 5) is 17.0. The van der Waals surface area contributed by atoms with Gasteiger partial charge in [-0.2, -0.15) is 9.78 Å². The minimum absolute atomic E-state index is 0.219. The SMILES string of the molecule is Cc1nc2ccccc2c(=O)n1N=Cc1cc(Cl)c2c(c1)OCCO2. The molecular formula is C18H14ClN3O3. The number of para-hydroxylation sites is 1. The molecule has 1 aromatic heterocycles. The highest BCUT2D eigenvalue weighted by molar-refractivity contribution is 6.32. The number of rotatable bonds is 2. The van der Waals surface area contributed by atoms with Gasteiger partial charge in [0.25, 0.3) is 5.56 Å². The lowest BCUT2D eigenvalue weighted by Crippen LogP contribution is -2.20. The summed E-state index contributed by atoms with van der Waals surface area (Å²) in [6.45, 7) is 2.68. The van der Waals surface area contributed by atoms with E-state index >= 15 is 0 Å². The van der Waals surface area contributed by atoms with Crippen molar-refractivity contribution < 1.29 is 9.47 Å². The zero-order valence-corrected chi connectivity index (χ0v) is 14.2. The Bertz CT molecular complexity index is 1060. The monoisotopic (exact) mass is 355 g/mol. The number of hydrogen-bond acceptors (Lipinski definition) is 5. The van der Waals surface area contributed by atoms with Gasteiger partial charge >= 0.3 is 0 Å².